The molecule has 0 spiro atoms. The Morgan fingerprint density at radius 3 is 2.62 bits per heavy atom. The number of amides is 2. The third-order valence-electron chi connectivity index (χ3n) is 2.13. The Hall–Kier alpha value is -1.32. The number of carbonyl (C=O) groups excluding carboxylic acids is 2. The number of carbonyl (C=O) groups is 2. The fourth-order valence-corrected chi connectivity index (χ4v) is 1.29. The van der Waals surface area contributed by atoms with Crippen molar-refractivity contribution in [3.63, 3.8) is 0 Å². The minimum absolute atomic E-state index is 0.0944. The standard InChI is InChI=1S/C9H14N2O2/c1-2-9(13)11-7(5-8(10)12)6-3-4-6/h2,6-7H,1,3-5H2,(H2,10,12)(H,11,13)/t7-/m1/s1. The Bertz CT molecular complexity index is 234. The Kier molecular flexibility index (Phi) is 3.06. The van der Waals surface area contributed by atoms with Gasteiger partial charge in [0.2, 0.25) is 11.8 Å². The van der Waals surface area contributed by atoms with Gasteiger partial charge in [-0.05, 0) is 24.8 Å². The predicted octanol–water partition coefficient (Wildman–Crippen LogP) is -0.0574. The van der Waals surface area contributed by atoms with E-state index in [0.717, 1.165) is 12.8 Å². The van der Waals surface area contributed by atoms with Gasteiger partial charge in [0.15, 0.2) is 0 Å². The van der Waals surface area contributed by atoms with Crippen molar-refractivity contribution in [2.75, 3.05) is 0 Å². The molecule has 3 N–H and O–H groups in total. The van der Waals surface area contributed by atoms with Crippen LogP contribution in [0.1, 0.15) is 19.3 Å². The molecule has 1 rings (SSSR count). The quantitative estimate of drug-likeness (QED) is 0.585. The van der Waals surface area contributed by atoms with Crippen molar-refractivity contribution in [1.82, 2.24) is 5.32 Å². The summed E-state index contributed by atoms with van der Waals surface area (Å²) in [6, 6.07) is -0.0944. The highest BCUT2D eigenvalue weighted by Gasteiger charge is 2.32. The second kappa shape index (κ2) is 4.07. The first-order valence-electron chi connectivity index (χ1n) is 4.34. The van der Waals surface area contributed by atoms with Crippen LogP contribution in [0.2, 0.25) is 0 Å². The van der Waals surface area contributed by atoms with Crippen molar-refractivity contribution in [2.45, 2.75) is 25.3 Å². The summed E-state index contributed by atoms with van der Waals surface area (Å²) >= 11 is 0. The summed E-state index contributed by atoms with van der Waals surface area (Å²) < 4.78 is 0. The van der Waals surface area contributed by atoms with E-state index in [4.69, 9.17) is 5.73 Å². The van der Waals surface area contributed by atoms with E-state index in [2.05, 4.69) is 11.9 Å². The van der Waals surface area contributed by atoms with E-state index in [0.29, 0.717) is 5.92 Å². The summed E-state index contributed by atoms with van der Waals surface area (Å²) in [5.41, 5.74) is 5.06. The maximum atomic E-state index is 11.0. The lowest BCUT2D eigenvalue weighted by atomic mass is 10.1. The average molecular weight is 182 g/mol. The van der Waals surface area contributed by atoms with Crippen molar-refractivity contribution >= 4 is 11.8 Å². The molecule has 0 aromatic carbocycles. The number of rotatable bonds is 5. The SMILES string of the molecule is C=CC(=O)N[C@H](CC(N)=O)C1CC1. The normalized spacial score (nSPS) is 17.5. The molecule has 1 aliphatic rings. The molecule has 4 nitrogen and oxygen atoms in total. The summed E-state index contributed by atoms with van der Waals surface area (Å²) in [7, 11) is 0. The minimum Gasteiger partial charge on any atom is -0.370 e. The van der Waals surface area contributed by atoms with E-state index < -0.39 is 0 Å². The molecule has 0 bridgehead atoms. The van der Waals surface area contributed by atoms with Gasteiger partial charge in [0, 0.05) is 12.5 Å². The van der Waals surface area contributed by atoms with Crippen LogP contribution in [-0.2, 0) is 9.59 Å². The topological polar surface area (TPSA) is 72.2 Å². The van der Waals surface area contributed by atoms with Gasteiger partial charge >= 0.3 is 0 Å². The lowest BCUT2D eigenvalue weighted by molar-refractivity contribution is -0.119. The van der Waals surface area contributed by atoms with Gasteiger partial charge in [-0.2, -0.15) is 0 Å². The van der Waals surface area contributed by atoms with Crippen molar-refractivity contribution < 1.29 is 9.59 Å². The van der Waals surface area contributed by atoms with Crippen LogP contribution in [0, 0.1) is 5.92 Å². The summed E-state index contributed by atoms with van der Waals surface area (Å²) in [6.45, 7) is 3.34. The van der Waals surface area contributed by atoms with E-state index >= 15 is 0 Å². The van der Waals surface area contributed by atoms with E-state index in [1.54, 1.807) is 0 Å². The van der Waals surface area contributed by atoms with Gasteiger partial charge in [-0.1, -0.05) is 6.58 Å². The van der Waals surface area contributed by atoms with Crippen LogP contribution in [0.4, 0.5) is 0 Å². The van der Waals surface area contributed by atoms with Crippen LogP contribution in [0.15, 0.2) is 12.7 Å². The molecule has 0 aromatic rings. The zero-order valence-electron chi connectivity index (χ0n) is 7.45. The highest BCUT2D eigenvalue weighted by atomic mass is 16.2. The summed E-state index contributed by atoms with van der Waals surface area (Å²) in [6.07, 6.45) is 3.56. The maximum Gasteiger partial charge on any atom is 0.243 e. The molecule has 0 unspecified atom stereocenters. The Morgan fingerprint density at radius 2 is 2.23 bits per heavy atom. The van der Waals surface area contributed by atoms with Gasteiger partial charge in [0.25, 0.3) is 0 Å². The van der Waals surface area contributed by atoms with Gasteiger partial charge in [0.1, 0.15) is 0 Å². The average Bonchev–Trinajstić information content (AvgIpc) is 2.84. The van der Waals surface area contributed by atoms with Crippen LogP contribution < -0.4 is 11.1 Å². The third-order valence-corrected chi connectivity index (χ3v) is 2.13. The zero-order chi connectivity index (χ0) is 9.84. The van der Waals surface area contributed by atoms with Crippen LogP contribution >= 0.6 is 0 Å². The second-order valence-corrected chi connectivity index (χ2v) is 3.33. The highest BCUT2D eigenvalue weighted by molar-refractivity contribution is 5.87. The molecule has 0 aromatic heterocycles. The molecule has 1 aliphatic carbocycles. The number of nitrogens with one attached hydrogen (secondary N) is 1. The largest absolute Gasteiger partial charge is 0.370 e. The predicted molar refractivity (Wildman–Crippen MR) is 48.7 cm³/mol. The van der Waals surface area contributed by atoms with E-state index in [-0.39, 0.29) is 24.3 Å². The number of primary amides is 1. The zero-order valence-corrected chi connectivity index (χ0v) is 7.45. The van der Waals surface area contributed by atoms with Crippen molar-refractivity contribution in [3.8, 4) is 0 Å². The molecular weight excluding hydrogens is 168 g/mol. The first-order valence-corrected chi connectivity index (χ1v) is 4.34. The second-order valence-electron chi connectivity index (χ2n) is 3.33. The van der Waals surface area contributed by atoms with Crippen LogP contribution in [0.3, 0.4) is 0 Å². The number of hydrogen-bond acceptors (Lipinski definition) is 2. The fourth-order valence-electron chi connectivity index (χ4n) is 1.29. The molecule has 72 valence electrons. The van der Waals surface area contributed by atoms with Gasteiger partial charge in [0.05, 0.1) is 0 Å². The lowest BCUT2D eigenvalue weighted by Gasteiger charge is -2.14. The Morgan fingerprint density at radius 1 is 1.62 bits per heavy atom. The summed E-state index contributed by atoms with van der Waals surface area (Å²) in [5.74, 6) is -0.184. The van der Waals surface area contributed by atoms with Crippen LogP contribution in [0.25, 0.3) is 0 Å². The summed E-state index contributed by atoms with van der Waals surface area (Å²) in [5, 5.41) is 2.70. The Balaban J connectivity index is 2.42. The molecule has 1 saturated carbocycles. The molecule has 2 amide bonds. The fraction of sp³-hybridized carbons (Fsp3) is 0.556. The van der Waals surface area contributed by atoms with E-state index in [1.165, 1.54) is 6.08 Å². The molecule has 1 atom stereocenters. The van der Waals surface area contributed by atoms with Crippen molar-refractivity contribution in [2.24, 2.45) is 11.7 Å². The van der Waals surface area contributed by atoms with Gasteiger partial charge < -0.3 is 11.1 Å². The molecule has 13 heavy (non-hydrogen) atoms. The Labute approximate surface area is 77.2 Å². The maximum absolute atomic E-state index is 11.0. The van der Waals surface area contributed by atoms with E-state index in [1.807, 2.05) is 0 Å². The molecular formula is C9H14N2O2. The minimum atomic E-state index is -0.374. The molecule has 1 fully saturated rings. The highest BCUT2D eigenvalue weighted by Crippen LogP contribution is 2.33. The molecule has 0 aliphatic heterocycles. The first kappa shape index (κ1) is 9.77. The van der Waals surface area contributed by atoms with Crippen LogP contribution in [0.5, 0.6) is 0 Å². The monoisotopic (exact) mass is 182 g/mol. The third kappa shape index (κ3) is 3.27. The van der Waals surface area contributed by atoms with Gasteiger partial charge in [-0.15, -0.1) is 0 Å². The first-order chi connectivity index (χ1) is 6.13. The summed E-state index contributed by atoms with van der Waals surface area (Å²) in [4.78, 5) is 21.6. The smallest absolute Gasteiger partial charge is 0.243 e. The van der Waals surface area contributed by atoms with Gasteiger partial charge in [-0.25, -0.2) is 0 Å². The van der Waals surface area contributed by atoms with Crippen LogP contribution in [-0.4, -0.2) is 17.9 Å². The molecule has 0 saturated heterocycles. The van der Waals surface area contributed by atoms with E-state index in [9.17, 15) is 9.59 Å². The molecule has 0 heterocycles. The lowest BCUT2D eigenvalue weighted by Crippen LogP contribution is -2.38. The molecule has 4 heteroatoms. The van der Waals surface area contributed by atoms with Gasteiger partial charge in [-0.3, -0.25) is 9.59 Å². The van der Waals surface area contributed by atoms with Crippen molar-refractivity contribution in [1.29, 1.82) is 0 Å². The van der Waals surface area contributed by atoms with Crippen molar-refractivity contribution in [3.05, 3.63) is 12.7 Å². The number of nitrogens with two attached hydrogens (primary N) is 1. The molecule has 0 radical (unpaired) electrons. The number of hydrogen-bond donors (Lipinski definition) is 2.